The predicted molar refractivity (Wildman–Crippen MR) is 81.2 cm³/mol. The molecule has 21 heavy (non-hydrogen) atoms. The molecule has 0 N–H and O–H groups in total. The topological polar surface area (TPSA) is 44.1 Å². The molecule has 0 atom stereocenters. The zero-order valence-electron chi connectivity index (χ0n) is 12.1. The molecule has 0 unspecified atom stereocenters. The number of rotatable bonds is 3. The summed E-state index contributed by atoms with van der Waals surface area (Å²) >= 11 is 3.41. The van der Waals surface area contributed by atoms with Crippen molar-refractivity contribution in [3.63, 3.8) is 0 Å². The lowest BCUT2D eigenvalue weighted by molar-refractivity contribution is -0.155. The summed E-state index contributed by atoms with van der Waals surface area (Å²) < 4.78 is 20.5. The van der Waals surface area contributed by atoms with Crippen molar-refractivity contribution in [1.82, 2.24) is 9.55 Å². The van der Waals surface area contributed by atoms with E-state index in [9.17, 15) is 9.18 Å². The minimum absolute atomic E-state index is 0.0616. The fourth-order valence-electron chi connectivity index (χ4n) is 1.79. The van der Waals surface area contributed by atoms with Crippen LogP contribution in [0.25, 0.3) is 11.3 Å². The van der Waals surface area contributed by atoms with Gasteiger partial charge in [0.25, 0.3) is 0 Å². The van der Waals surface area contributed by atoms with E-state index in [1.165, 1.54) is 12.1 Å². The van der Waals surface area contributed by atoms with Crippen molar-refractivity contribution in [1.29, 1.82) is 0 Å². The molecule has 0 saturated carbocycles. The molecule has 0 bridgehead atoms. The number of imidazole rings is 1. The van der Waals surface area contributed by atoms with Crippen LogP contribution in [0.2, 0.25) is 0 Å². The number of nitrogens with zero attached hydrogens (tertiary/aromatic N) is 2. The van der Waals surface area contributed by atoms with Crippen LogP contribution in [0.15, 0.2) is 35.2 Å². The predicted octanol–water partition coefficient (Wildman–Crippen LogP) is 3.79. The Labute approximate surface area is 131 Å². The zero-order valence-corrected chi connectivity index (χ0v) is 13.6. The summed E-state index contributed by atoms with van der Waals surface area (Å²) in [7, 11) is 0. The van der Waals surface area contributed by atoms with Gasteiger partial charge < -0.3 is 9.30 Å². The fraction of sp³-hybridized carbons (Fsp3) is 0.333. The molecule has 4 nitrogen and oxygen atoms in total. The number of aromatic nitrogens is 2. The van der Waals surface area contributed by atoms with Gasteiger partial charge in [-0.25, -0.2) is 9.37 Å². The van der Waals surface area contributed by atoms with Crippen LogP contribution in [0.3, 0.4) is 0 Å². The number of ether oxygens (including phenoxy) is 1. The number of hydrogen-bond donors (Lipinski definition) is 0. The summed E-state index contributed by atoms with van der Waals surface area (Å²) in [4.78, 5) is 16.1. The summed E-state index contributed by atoms with van der Waals surface area (Å²) in [5.74, 6) is -0.644. The normalized spacial score (nSPS) is 11.5. The Morgan fingerprint density at radius 2 is 1.95 bits per heavy atom. The second-order valence-corrected chi connectivity index (χ2v) is 6.36. The maximum Gasteiger partial charge on any atom is 0.326 e. The molecule has 0 aliphatic heterocycles. The summed E-state index contributed by atoms with van der Waals surface area (Å²) in [6.45, 7) is 5.51. The van der Waals surface area contributed by atoms with Gasteiger partial charge in [0.2, 0.25) is 0 Å². The van der Waals surface area contributed by atoms with E-state index in [0.29, 0.717) is 10.3 Å². The van der Waals surface area contributed by atoms with Gasteiger partial charge in [-0.1, -0.05) is 0 Å². The molecule has 0 fully saturated rings. The molecule has 2 rings (SSSR count). The first-order chi connectivity index (χ1) is 9.76. The largest absolute Gasteiger partial charge is 0.459 e. The fourth-order valence-corrected chi connectivity index (χ4v) is 2.34. The Kier molecular flexibility index (Phi) is 4.46. The maximum absolute atomic E-state index is 12.9. The number of carbonyl (C=O) groups is 1. The molecule has 112 valence electrons. The first kappa shape index (κ1) is 15.7. The minimum Gasteiger partial charge on any atom is -0.459 e. The summed E-state index contributed by atoms with van der Waals surface area (Å²) in [6, 6.07) is 6.02. The number of hydrogen-bond acceptors (Lipinski definition) is 3. The Morgan fingerprint density at radius 3 is 2.52 bits per heavy atom. The van der Waals surface area contributed by atoms with Crippen molar-refractivity contribution >= 4 is 21.9 Å². The van der Waals surface area contributed by atoms with Gasteiger partial charge in [-0.15, -0.1) is 0 Å². The van der Waals surface area contributed by atoms with E-state index >= 15 is 0 Å². The van der Waals surface area contributed by atoms with E-state index in [1.54, 1.807) is 23.0 Å². The standard InChI is InChI=1S/C15H16BrFN2O2/c1-15(2,3)21-12(20)8-19-9-18-13(14(19)16)10-4-6-11(17)7-5-10/h4-7,9H,8H2,1-3H3. The zero-order chi connectivity index (χ0) is 15.6. The first-order valence-corrected chi connectivity index (χ1v) is 7.24. The average Bonchev–Trinajstić information content (AvgIpc) is 2.70. The number of benzene rings is 1. The quantitative estimate of drug-likeness (QED) is 0.787. The van der Waals surface area contributed by atoms with Crippen LogP contribution in [0.1, 0.15) is 20.8 Å². The Hall–Kier alpha value is -1.69. The van der Waals surface area contributed by atoms with Gasteiger partial charge in [-0.3, -0.25) is 4.79 Å². The Bertz CT molecular complexity index is 645. The Morgan fingerprint density at radius 1 is 1.33 bits per heavy atom. The highest BCUT2D eigenvalue weighted by Crippen LogP contribution is 2.27. The lowest BCUT2D eigenvalue weighted by atomic mass is 10.2. The molecule has 0 spiro atoms. The molecule has 0 saturated heterocycles. The second kappa shape index (κ2) is 5.97. The first-order valence-electron chi connectivity index (χ1n) is 6.45. The summed E-state index contributed by atoms with van der Waals surface area (Å²) in [5, 5.41) is 0. The van der Waals surface area contributed by atoms with Crippen LogP contribution in [-0.2, 0) is 16.1 Å². The van der Waals surface area contributed by atoms with E-state index in [1.807, 2.05) is 20.8 Å². The Balaban J connectivity index is 2.17. The van der Waals surface area contributed by atoms with Crippen LogP contribution in [0.5, 0.6) is 0 Å². The van der Waals surface area contributed by atoms with Crippen LogP contribution in [-0.4, -0.2) is 21.1 Å². The van der Waals surface area contributed by atoms with Crippen LogP contribution in [0, 0.1) is 5.82 Å². The minimum atomic E-state index is -0.524. The molecule has 1 aromatic carbocycles. The second-order valence-electron chi connectivity index (χ2n) is 5.61. The van der Waals surface area contributed by atoms with Crippen LogP contribution < -0.4 is 0 Å². The highest BCUT2D eigenvalue weighted by molar-refractivity contribution is 9.10. The van der Waals surface area contributed by atoms with Crippen molar-refractivity contribution in [3.05, 3.63) is 41.0 Å². The third-order valence-corrected chi connectivity index (χ3v) is 3.44. The molecular formula is C15H16BrFN2O2. The molecule has 2 aromatic rings. The average molecular weight is 355 g/mol. The highest BCUT2D eigenvalue weighted by Gasteiger charge is 2.18. The third-order valence-electron chi connectivity index (χ3n) is 2.61. The van der Waals surface area contributed by atoms with Gasteiger partial charge in [0, 0.05) is 5.56 Å². The third kappa shape index (κ3) is 4.14. The van der Waals surface area contributed by atoms with Crippen LogP contribution >= 0.6 is 15.9 Å². The lowest BCUT2D eigenvalue weighted by Crippen LogP contribution is -2.26. The smallest absolute Gasteiger partial charge is 0.326 e. The molecule has 0 aliphatic carbocycles. The van der Waals surface area contributed by atoms with E-state index in [4.69, 9.17) is 4.74 Å². The molecule has 0 aliphatic rings. The SMILES string of the molecule is CC(C)(C)OC(=O)Cn1cnc(-c2ccc(F)cc2)c1Br. The van der Waals surface area contributed by atoms with Crippen molar-refractivity contribution in [2.75, 3.05) is 0 Å². The maximum atomic E-state index is 12.9. The molecule has 0 amide bonds. The monoisotopic (exact) mass is 354 g/mol. The van der Waals surface area contributed by atoms with Crippen molar-refractivity contribution in [3.8, 4) is 11.3 Å². The van der Waals surface area contributed by atoms with Gasteiger partial charge in [0.15, 0.2) is 0 Å². The molecule has 6 heteroatoms. The number of carbonyl (C=O) groups excluding carboxylic acids is 1. The van der Waals surface area contributed by atoms with Gasteiger partial charge in [0.05, 0.1) is 6.33 Å². The molecule has 0 radical (unpaired) electrons. The van der Waals surface area contributed by atoms with Crippen molar-refractivity contribution in [2.24, 2.45) is 0 Å². The number of esters is 1. The number of halogens is 2. The molecular weight excluding hydrogens is 339 g/mol. The van der Waals surface area contributed by atoms with Gasteiger partial charge in [-0.2, -0.15) is 0 Å². The van der Waals surface area contributed by atoms with Gasteiger partial charge >= 0.3 is 5.97 Å². The van der Waals surface area contributed by atoms with E-state index < -0.39 is 5.60 Å². The molecule has 1 heterocycles. The van der Waals surface area contributed by atoms with Crippen molar-refractivity contribution in [2.45, 2.75) is 32.9 Å². The summed E-state index contributed by atoms with van der Waals surface area (Å²) in [5.41, 5.74) is 0.897. The van der Waals surface area contributed by atoms with Crippen LogP contribution in [0.4, 0.5) is 4.39 Å². The molecule has 1 aromatic heterocycles. The lowest BCUT2D eigenvalue weighted by Gasteiger charge is -2.19. The van der Waals surface area contributed by atoms with E-state index in [-0.39, 0.29) is 18.3 Å². The highest BCUT2D eigenvalue weighted by atomic mass is 79.9. The van der Waals surface area contributed by atoms with Crippen molar-refractivity contribution < 1.29 is 13.9 Å². The van der Waals surface area contributed by atoms with E-state index in [2.05, 4.69) is 20.9 Å². The van der Waals surface area contributed by atoms with Gasteiger partial charge in [0.1, 0.15) is 28.3 Å². The van der Waals surface area contributed by atoms with Gasteiger partial charge in [-0.05, 0) is 61.0 Å². The van der Waals surface area contributed by atoms with E-state index in [0.717, 1.165) is 5.56 Å². The summed E-state index contributed by atoms with van der Waals surface area (Å²) in [6.07, 6.45) is 1.55.